The van der Waals surface area contributed by atoms with Crippen LogP contribution < -0.4 is 80.5 Å². The molecule has 0 saturated carbocycles. The Kier molecular flexibility index (Phi) is 27.6. The van der Waals surface area contributed by atoms with Crippen LogP contribution in [-0.4, -0.2) is 11.9 Å². The van der Waals surface area contributed by atoms with Crippen molar-refractivity contribution in [3.8, 4) is 0 Å². The topological polar surface area (TPSA) is 80.3 Å². The maximum absolute atomic E-state index is 11.5. The third kappa shape index (κ3) is 15.9. The van der Waals surface area contributed by atoms with Crippen LogP contribution in [0.3, 0.4) is 0 Å². The molecule has 6 heteroatoms. The monoisotopic (exact) mass is 414 g/mol. The number of unbranched alkanes of at least 4 members (excludes halogenated alkanes) is 13. The third-order valence-electron chi connectivity index (χ3n) is 5.45. The summed E-state index contributed by atoms with van der Waals surface area (Å²) in [7, 11) is 0. The first-order chi connectivity index (χ1) is 12.5. The summed E-state index contributed by atoms with van der Waals surface area (Å²) in [5.74, 6) is -2.94. The fourth-order valence-corrected chi connectivity index (χ4v) is 3.56. The second-order valence-corrected chi connectivity index (χ2v) is 7.75. The first-order valence-corrected chi connectivity index (χ1v) is 10.9. The zero-order valence-electron chi connectivity index (χ0n) is 19.2. The Balaban J connectivity index is -0.00000312. The van der Waals surface area contributed by atoms with E-state index in [1.54, 1.807) is 0 Å². The Labute approximate surface area is 228 Å². The maximum Gasteiger partial charge on any atom is 1.00 e. The Bertz CT molecular complexity index is 364. The number of carboxylic acids is 2. The summed E-state index contributed by atoms with van der Waals surface area (Å²) in [6.07, 6.45) is 16.3. The van der Waals surface area contributed by atoms with Crippen molar-refractivity contribution in [3.05, 3.63) is 0 Å². The molecule has 0 fully saturated rings. The Morgan fingerprint density at radius 1 is 0.571 bits per heavy atom. The molecule has 0 bridgehead atoms. The number of hydrogen-bond donors (Lipinski definition) is 0. The normalized spacial score (nSPS) is 10.8. The van der Waals surface area contributed by atoms with Crippen LogP contribution >= 0.6 is 0 Å². The number of carbonyl (C=O) groups is 2. The molecule has 0 atom stereocenters. The van der Waals surface area contributed by atoms with Crippen LogP contribution in [0.2, 0.25) is 0 Å². The van der Waals surface area contributed by atoms with Gasteiger partial charge in [0.1, 0.15) is 0 Å². The molecule has 0 aliphatic carbocycles. The van der Waals surface area contributed by atoms with Crippen molar-refractivity contribution in [2.24, 2.45) is 5.41 Å². The molecule has 0 radical (unpaired) electrons. The number of carbonyl (C=O) groups excluding carboxylic acids is 2. The van der Waals surface area contributed by atoms with Crippen LogP contribution in [0.1, 0.15) is 123 Å². The Hall–Kier alpha value is 1.17. The van der Waals surface area contributed by atoms with Crippen LogP contribution in [-0.2, 0) is 9.59 Å². The summed E-state index contributed by atoms with van der Waals surface area (Å²) >= 11 is 0. The molecule has 154 valence electrons. The molecule has 0 aromatic rings. The van der Waals surface area contributed by atoms with E-state index in [0.29, 0.717) is 12.8 Å². The predicted octanol–water partition coefficient (Wildman–Crippen LogP) is -1.85. The van der Waals surface area contributed by atoms with E-state index in [-0.39, 0.29) is 83.1 Å². The van der Waals surface area contributed by atoms with Gasteiger partial charge in [-0.25, -0.2) is 0 Å². The first-order valence-electron chi connectivity index (χ1n) is 10.9. The van der Waals surface area contributed by atoms with Crippen molar-refractivity contribution in [3.63, 3.8) is 0 Å². The van der Waals surface area contributed by atoms with Gasteiger partial charge in [0.2, 0.25) is 0 Å². The molecule has 0 aromatic heterocycles. The molecule has 4 nitrogen and oxygen atoms in total. The van der Waals surface area contributed by atoms with Crippen molar-refractivity contribution in [1.29, 1.82) is 0 Å². The van der Waals surface area contributed by atoms with Gasteiger partial charge in [0, 0.05) is 5.41 Å². The summed E-state index contributed by atoms with van der Waals surface area (Å²) in [5, 5.41) is 23.1. The van der Waals surface area contributed by atoms with Gasteiger partial charge >= 0.3 is 70.2 Å². The average Bonchev–Trinajstić information content (AvgIpc) is 2.60. The molecule has 0 saturated heterocycles. The van der Waals surface area contributed by atoms with E-state index in [0.717, 1.165) is 44.9 Å². The van der Waals surface area contributed by atoms with Crippen LogP contribution in [0.25, 0.3) is 0 Å². The second-order valence-electron chi connectivity index (χ2n) is 7.75. The zero-order chi connectivity index (χ0) is 19.7. The van der Waals surface area contributed by atoms with Crippen molar-refractivity contribution in [2.75, 3.05) is 0 Å². The van der Waals surface area contributed by atoms with E-state index in [1.165, 1.54) is 38.5 Å². The molecule has 28 heavy (non-hydrogen) atoms. The molecular weight excluding hydrogens is 374 g/mol. The number of hydrogen-bond acceptors (Lipinski definition) is 4. The summed E-state index contributed by atoms with van der Waals surface area (Å²) in [6.45, 7) is 4.32. The van der Waals surface area contributed by atoms with Crippen LogP contribution in [0.15, 0.2) is 0 Å². The zero-order valence-corrected chi connectivity index (χ0v) is 22.3. The van der Waals surface area contributed by atoms with Gasteiger partial charge in [-0.3, -0.25) is 0 Å². The first kappa shape index (κ1) is 33.8. The van der Waals surface area contributed by atoms with Gasteiger partial charge in [0.05, 0.1) is 11.9 Å². The molecular formula is C22H40KLiO4. The summed E-state index contributed by atoms with van der Waals surface area (Å²) in [5.41, 5.74) is -1.80. The Morgan fingerprint density at radius 3 is 1.07 bits per heavy atom. The molecule has 0 spiro atoms. The van der Waals surface area contributed by atoms with Gasteiger partial charge < -0.3 is 19.8 Å². The molecule has 0 aliphatic heterocycles. The fraction of sp³-hybridized carbons (Fsp3) is 0.909. The molecule has 0 amide bonds. The third-order valence-corrected chi connectivity index (χ3v) is 5.45. The Morgan fingerprint density at radius 2 is 0.821 bits per heavy atom. The van der Waals surface area contributed by atoms with Gasteiger partial charge in [-0.15, -0.1) is 0 Å². The molecule has 0 unspecified atom stereocenters. The van der Waals surface area contributed by atoms with E-state index in [4.69, 9.17) is 0 Å². The number of carboxylic acid groups (broad SMARTS) is 2. The number of rotatable bonds is 19. The van der Waals surface area contributed by atoms with Gasteiger partial charge in [-0.2, -0.15) is 0 Å². The SMILES string of the molecule is CCCCCCCCCCCCC(CCCCCCC)(C(=O)[O-])C(=O)[O-].[K+].[Li+]. The van der Waals surface area contributed by atoms with E-state index in [2.05, 4.69) is 13.8 Å². The largest absolute Gasteiger partial charge is 1.00 e. The van der Waals surface area contributed by atoms with Crippen LogP contribution in [0.5, 0.6) is 0 Å². The van der Waals surface area contributed by atoms with Gasteiger partial charge in [-0.1, -0.05) is 110 Å². The molecule has 0 heterocycles. The smallest absolute Gasteiger partial charge is 0.549 e. The summed E-state index contributed by atoms with van der Waals surface area (Å²) in [6, 6.07) is 0. The van der Waals surface area contributed by atoms with E-state index < -0.39 is 17.4 Å². The van der Waals surface area contributed by atoms with Crippen molar-refractivity contribution < 1.29 is 90.0 Å². The van der Waals surface area contributed by atoms with Gasteiger partial charge in [0.25, 0.3) is 0 Å². The fourth-order valence-electron chi connectivity index (χ4n) is 3.56. The summed E-state index contributed by atoms with van der Waals surface area (Å²) < 4.78 is 0. The van der Waals surface area contributed by atoms with Crippen molar-refractivity contribution >= 4 is 11.9 Å². The molecule has 0 N–H and O–H groups in total. The minimum Gasteiger partial charge on any atom is -0.549 e. The van der Waals surface area contributed by atoms with E-state index >= 15 is 0 Å². The van der Waals surface area contributed by atoms with Crippen molar-refractivity contribution in [2.45, 2.75) is 123 Å². The average molecular weight is 415 g/mol. The quantitative estimate of drug-likeness (QED) is 0.141. The molecule has 0 aromatic carbocycles. The van der Waals surface area contributed by atoms with Crippen LogP contribution in [0, 0.1) is 5.41 Å². The number of aliphatic carboxylic acids is 2. The van der Waals surface area contributed by atoms with Gasteiger partial charge in [0.15, 0.2) is 0 Å². The minimum atomic E-state index is -1.80. The van der Waals surface area contributed by atoms with E-state index in [9.17, 15) is 19.8 Å². The second kappa shape index (κ2) is 22.8. The summed E-state index contributed by atoms with van der Waals surface area (Å²) in [4.78, 5) is 23.1. The maximum atomic E-state index is 11.5. The van der Waals surface area contributed by atoms with Crippen LogP contribution in [0.4, 0.5) is 0 Å². The molecule has 0 aliphatic rings. The van der Waals surface area contributed by atoms with Crippen molar-refractivity contribution in [1.82, 2.24) is 0 Å². The molecule has 0 rings (SSSR count). The standard InChI is InChI=1S/C22H42O4.K.Li/c1-3-5-7-9-10-11-12-13-15-17-19-22(20(23)24,21(25)26)18-16-14-8-6-4-2;;/h3-19H2,1-2H3,(H,23,24)(H,25,26);;/q;2*+1/p-2. The predicted molar refractivity (Wildman–Crippen MR) is 102 cm³/mol. The van der Waals surface area contributed by atoms with Gasteiger partial charge in [-0.05, 0) is 12.8 Å². The van der Waals surface area contributed by atoms with E-state index in [1.807, 2.05) is 0 Å². The minimum absolute atomic E-state index is 0.